The van der Waals surface area contributed by atoms with Gasteiger partial charge in [0.05, 0.1) is 0 Å². The summed E-state index contributed by atoms with van der Waals surface area (Å²) in [5.74, 6) is -1.83. The lowest BCUT2D eigenvalue weighted by atomic mass is 10.1. The maximum absolute atomic E-state index is 11.8. The Morgan fingerprint density at radius 2 is 1.91 bits per heavy atom. The molecule has 0 bridgehead atoms. The zero-order valence-electron chi connectivity index (χ0n) is 6.35. The van der Waals surface area contributed by atoms with E-state index in [-0.39, 0.29) is 6.61 Å². The lowest BCUT2D eigenvalue weighted by molar-refractivity contribution is -0.245. The molecule has 0 aromatic rings. The van der Waals surface area contributed by atoms with Crippen molar-refractivity contribution in [3.05, 3.63) is 0 Å². The molecule has 68 valence electrons. The molecule has 1 N–H and O–H groups in total. The summed E-state index contributed by atoms with van der Waals surface area (Å²) in [4.78, 5) is 0. The number of hydrogen-bond acceptors (Lipinski definition) is 2. The maximum atomic E-state index is 11.8. The van der Waals surface area contributed by atoms with Gasteiger partial charge in [-0.2, -0.15) is 13.2 Å². The summed E-state index contributed by atoms with van der Waals surface area (Å²) in [6.07, 6.45) is -6.14. The summed E-state index contributed by atoms with van der Waals surface area (Å²) in [6.45, 7) is 2.47. The number of aliphatic hydroxyl groups is 1. The molecule has 2 unspecified atom stereocenters. The Hall–Kier alpha value is -0.290. The Labute approximate surface area is 63.0 Å². The zero-order valence-corrected chi connectivity index (χ0v) is 6.35. The molecule has 0 aliphatic heterocycles. The van der Waals surface area contributed by atoms with Gasteiger partial charge >= 0.3 is 6.18 Å². The zero-order chi connectivity index (χ0) is 9.07. The lowest BCUT2D eigenvalue weighted by Gasteiger charge is -2.20. The molecule has 0 aliphatic carbocycles. The van der Waals surface area contributed by atoms with Gasteiger partial charge in [-0.05, 0) is 13.8 Å². The van der Waals surface area contributed by atoms with E-state index in [1.807, 2.05) is 0 Å². The SMILES string of the molecule is CCOC(O)C(C)C(F)(F)F. The van der Waals surface area contributed by atoms with Gasteiger partial charge in [-0.25, -0.2) is 0 Å². The van der Waals surface area contributed by atoms with E-state index in [2.05, 4.69) is 4.74 Å². The number of rotatable bonds is 3. The third kappa shape index (κ3) is 3.57. The van der Waals surface area contributed by atoms with Crippen LogP contribution < -0.4 is 0 Å². The van der Waals surface area contributed by atoms with E-state index < -0.39 is 18.4 Å². The molecule has 0 spiro atoms. The highest BCUT2D eigenvalue weighted by Gasteiger charge is 2.41. The Morgan fingerprint density at radius 1 is 1.45 bits per heavy atom. The van der Waals surface area contributed by atoms with Gasteiger partial charge in [0.2, 0.25) is 0 Å². The molecule has 0 saturated heterocycles. The van der Waals surface area contributed by atoms with Crippen LogP contribution in [0.5, 0.6) is 0 Å². The van der Waals surface area contributed by atoms with Crippen molar-refractivity contribution in [1.82, 2.24) is 0 Å². The predicted octanol–water partition coefficient (Wildman–Crippen LogP) is 1.54. The van der Waals surface area contributed by atoms with Gasteiger partial charge in [0.25, 0.3) is 0 Å². The highest BCUT2D eigenvalue weighted by Crippen LogP contribution is 2.28. The summed E-state index contributed by atoms with van der Waals surface area (Å²) in [7, 11) is 0. The first-order valence-corrected chi connectivity index (χ1v) is 3.26. The molecule has 2 nitrogen and oxygen atoms in total. The average Bonchev–Trinajstić information content (AvgIpc) is 1.85. The van der Waals surface area contributed by atoms with E-state index in [1.54, 1.807) is 0 Å². The molecule has 0 radical (unpaired) electrons. The van der Waals surface area contributed by atoms with Crippen LogP contribution in [-0.2, 0) is 4.74 Å². The van der Waals surface area contributed by atoms with E-state index in [4.69, 9.17) is 5.11 Å². The quantitative estimate of drug-likeness (QED) is 0.654. The summed E-state index contributed by atoms with van der Waals surface area (Å²) in [5.41, 5.74) is 0. The van der Waals surface area contributed by atoms with Crippen molar-refractivity contribution in [2.75, 3.05) is 6.61 Å². The molecule has 0 heterocycles. The van der Waals surface area contributed by atoms with Crippen molar-refractivity contribution in [2.45, 2.75) is 26.3 Å². The molecular weight excluding hydrogens is 161 g/mol. The average molecular weight is 172 g/mol. The van der Waals surface area contributed by atoms with Crippen molar-refractivity contribution in [3.8, 4) is 0 Å². The first kappa shape index (κ1) is 10.7. The minimum Gasteiger partial charge on any atom is -0.367 e. The normalized spacial score (nSPS) is 18.0. The van der Waals surface area contributed by atoms with Crippen LogP contribution in [0.1, 0.15) is 13.8 Å². The topological polar surface area (TPSA) is 29.5 Å². The van der Waals surface area contributed by atoms with Crippen LogP contribution in [0, 0.1) is 5.92 Å². The summed E-state index contributed by atoms with van der Waals surface area (Å²) < 4.78 is 39.7. The van der Waals surface area contributed by atoms with Gasteiger partial charge in [0.1, 0.15) is 5.92 Å². The van der Waals surface area contributed by atoms with Crippen LogP contribution in [0.15, 0.2) is 0 Å². The standard InChI is InChI=1S/C6H11F3O2/c1-3-11-5(10)4(2)6(7,8)9/h4-5,10H,3H2,1-2H3. The summed E-state index contributed by atoms with van der Waals surface area (Å²) in [6, 6.07) is 0. The molecule has 0 aromatic heterocycles. The Balaban J connectivity index is 3.91. The fourth-order valence-electron chi connectivity index (χ4n) is 0.477. The first-order chi connectivity index (χ1) is 4.89. The summed E-state index contributed by atoms with van der Waals surface area (Å²) in [5, 5.41) is 8.71. The van der Waals surface area contributed by atoms with Crippen LogP contribution in [0.4, 0.5) is 13.2 Å². The minimum atomic E-state index is -4.39. The minimum absolute atomic E-state index is 0.0710. The molecule has 0 aromatic carbocycles. The van der Waals surface area contributed by atoms with E-state index >= 15 is 0 Å². The lowest BCUT2D eigenvalue weighted by Crippen LogP contribution is -2.33. The van der Waals surface area contributed by atoms with Crippen LogP contribution in [0.25, 0.3) is 0 Å². The summed E-state index contributed by atoms with van der Waals surface area (Å²) >= 11 is 0. The molecule has 0 fully saturated rings. The number of halogens is 3. The molecule has 11 heavy (non-hydrogen) atoms. The van der Waals surface area contributed by atoms with Crippen molar-refractivity contribution in [3.63, 3.8) is 0 Å². The van der Waals surface area contributed by atoms with E-state index in [0.717, 1.165) is 6.92 Å². The van der Waals surface area contributed by atoms with E-state index in [1.165, 1.54) is 6.92 Å². The Bertz CT molecular complexity index is 113. The van der Waals surface area contributed by atoms with Gasteiger partial charge < -0.3 is 9.84 Å². The number of aliphatic hydroxyl groups excluding tert-OH is 1. The Kier molecular flexibility index (Phi) is 3.82. The smallest absolute Gasteiger partial charge is 0.367 e. The monoisotopic (exact) mass is 172 g/mol. The third-order valence-electron chi connectivity index (χ3n) is 1.28. The Morgan fingerprint density at radius 3 is 2.18 bits per heavy atom. The molecular formula is C6H11F3O2. The van der Waals surface area contributed by atoms with Crippen LogP contribution in [0.2, 0.25) is 0 Å². The second kappa shape index (κ2) is 3.92. The molecule has 2 atom stereocenters. The number of hydrogen-bond donors (Lipinski definition) is 1. The second-order valence-electron chi connectivity index (χ2n) is 2.18. The van der Waals surface area contributed by atoms with E-state index in [9.17, 15) is 13.2 Å². The molecule has 0 aliphatic rings. The van der Waals surface area contributed by atoms with Gasteiger partial charge in [-0.3, -0.25) is 0 Å². The fourth-order valence-corrected chi connectivity index (χ4v) is 0.477. The molecule has 0 rings (SSSR count). The highest BCUT2D eigenvalue weighted by atomic mass is 19.4. The second-order valence-corrected chi connectivity index (χ2v) is 2.18. The fraction of sp³-hybridized carbons (Fsp3) is 1.00. The number of ether oxygens (including phenoxy) is 1. The number of alkyl halides is 3. The van der Waals surface area contributed by atoms with Crippen LogP contribution in [0.3, 0.4) is 0 Å². The largest absolute Gasteiger partial charge is 0.396 e. The molecule has 5 heteroatoms. The first-order valence-electron chi connectivity index (χ1n) is 3.26. The molecule has 0 saturated carbocycles. The van der Waals surface area contributed by atoms with Gasteiger partial charge in [-0.1, -0.05) is 0 Å². The maximum Gasteiger partial charge on any atom is 0.396 e. The molecule has 0 amide bonds. The predicted molar refractivity (Wildman–Crippen MR) is 32.9 cm³/mol. The van der Waals surface area contributed by atoms with Gasteiger partial charge in [-0.15, -0.1) is 0 Å². The van der Waals surface area contributed by atoms with Gasteiger partial charge in [0, 0.05) is 6.61 Å². The van der Waals surface area contributed by atoms with Crippen molar-refractivity contribution in [2.24, 2.45) is 5.92 Å². The van der Waals surface area contributed by atoms with Crippen molar-refractivity contribution in [1.29, 1.82) is 0 Å². The van der Waals surface area contributed by atoms with Crippen LogP contribution >= 0.6 is 0 Å². The van der Waals surface area contributed by atoms with Gasteiger partial charge in [0.15, 0.2) is 6.29 Å². The third-order valence-corrected chi connectivity index (χ3v) is 1.28. The van der Waals surface area contributed by atoms with Crippen molar-refractivity contribution < 1.29 is 23.0 Å². The van der Waals surface area contributed by atoms with E-state index in [0.29, 0.717) is 0 Å². The van der Waals surface area contributed by atoms with Crippen LogP contribution in [-0.4, -0.2) is 24.2 Å². The van der Waals surface area contributed by atoms with Crippen molar-refractivity contribution >= 4 is 0 Å². The highest BCUT2D eigenvalue weighted by molar-refractivity contribution is 4.64.